The van der Waals surface area contributed by atoms with E-state index < -0.39 is 0 Å². The Morgan fingerprint density at radius 2 is 1.94 bits per heavy atom. The Balaban J connectivity index is 1.82. The van der Waals surface area contributed by atoms with Crippen LogP contribution in [0.4, 0.5) is 5.69 Å². The molecule has 18 heavy (non-hydrogen) atoms. The molecule has 1 aliphatic heterocycles. The van der Waals surface area contributed by atoms with E-state index in [1.807, 2.05) is 18.2 Å². The third-order valence-electron chi connectivity index (χ3n) is 3.28. The van der Waals surface area contributed by atoms with Crippen LogP contribution < -0.4 is 5.32 Å². The molecule has 1 N–H and O–H groups in total. The fraction of sp³-hybridized carbons (Fsp3) is 0.533. The molecule has 1 unspecified atom stereocenters. The van der Waals surface area contributed by atoms with E-state index in [-0.39, 0.29) is 11.2 Å². The highest BCUT2D eigenvalue weighted by Gasteiger charge is 2.25. The van der Waals surface area contributed by atoms with Crippen LogP contribution in [0.5, 0.6) is 0 Å². The predicted octanol–water partition coefficient (Wildman–Crippen LogP) is 4.46. The van der Waals surface area contributed by atoms with Crippen LogP contribution in [0.3, 0.4) is 0 Å². The number of rotatable bonds is 6. The van der Waals surface area contributed by atoms with Gasteiger partial charge in [-0.1, -0.05) is 51.2 Å². The largest absolute Gasteiger partial charge is 0.324 e. The van der Waals surface area contributed by atoms with E-state index in [2.05, 4.69) is 18.3 Å². The highest BCUT2D eigenvalue weighted by atomic mass is 32.2. The highest BCUT2D eigenvalue weighted by Crippen LogP contribution is 2.37. The monoisotopic (exact) mass is 263 g/mol. The molecule has 2 rings (SSSR count). The van der Waals surface area contributed by atoms with Crippen molar-refractivity contribution in [2.24, 2.45) is 0 Å². The zero-order chi connectivity index (χ0) is 12.8. The number of para-hydroxylation sites is 1. The third kappa shape index (κ3) is 3.52. The van der Waals surface area contributed by atoms with Crippen molar-refractivity contribution >= 4 is 23.4 Å². The first-order chi connectivity index (χ1) is 8.81. The van der Waals surface area contributed by atoms with Crippen LogP contribution in [0.2, 0.25) is 0 Å². The molecule has 0 aliphatic carbocycles. The number of anilines is 1. The quantitative estimate of drug-likeness (QED) is 0.768. The minimum Gasteiger partial charge on any atom is -0.324 e. The minimum atomic E-state index is 0.0986. The van der Waals surface area contributed by atoms with Gasteiger partial charge in [-0.15, -0.1) is 11.8 Å². The van der Waals surface area contributed by atoms with Crippen LogP contribution in [0.15, 0.2) is 29.2 Å². The van der Waals surface area contributed by atoms with Gasteiger partial charge in [-0.3, -0.25) is 4.79 Å². The lowest BCUT2D eigenvalue weighted by molar-refractivity contribution is -0.115. The number of hydrogen-bond donors (Lipinski definition) is 1. The zero-order valence-electron chi connectivity index (χ0n) is 10.9. The maximum atomic E-state index is 11.9. The standard InChI is InChI=1S/C15H21NOS/c1-2-3-4-5-6-11-14-15(17)16-12-9-7-8-10-13(12)18-14/h7-10,14H,2-6,11H2,1H3,(H,16,17). The van der Waals surface area contributed by atoms with Crippen molar-refractivity contribution in [2.45, 2.75) is 55.6 Å². The summed E-state index contributed by atoms with van der Waals surface area (Å²) in [5.74, 6) is 0.175. The minimum absolute atomic E-state index is 0.0986. The Labute approximate surface area is 114 Å². The Hall–Kier alpha value is -0.960. The molecule has 1 aromatic rings. The Morgan fingerprint density at radius 3 is 2.78 bits per heavy atom. The maximum absolute atomic E-state index is 11.9. The molecular formula is C15H21NOS. The van der Waals surface area contributed by atoms with Crippen molar-refractivity contribution in [3.05, 3.63) is 24.3 Å². The van der Waals surface area contributed by atoms with Crippen LogP contribution in [-0.4, -0.2) is 11.2 Å². The molecule has 0 saturated carbocycles. The van der Waals surface area contributed by atoms with Crippen molar-refractivity contribution in [1.29, 1.82) is 0 Å². The number of unbranched alkanes of at least 4 members (excludes halogenated alkanes) is 4. The average molecular weight is 263 g/mol. The van der Waals surface area contributed by atoms with Crippen molar-refractivity contribution < 1.29 is 4.79 Å². The van der Waals surface area contributed by atoms with Gasteiger partial charge in [-0.05, 0) is 18.6 Å². The van der Waals surface area contributed by atoms with Crippen molar-refractivity contribution in [2.75, 3.05) is 5.32 Å². The molecule has 0 spiro atoms. The number of fused-ring (bicyclic) bond motifs is 1. The molecule has 0 fully saturated rings. The number of carbonyl (C=O) groups is 1. The molecule has 1 aliphatic rings. The van der Waals surface area contributed by atoms with Gasteiger partial charge in [0.15, 0.2) is 0 Å². The SMILES string of the molecule is CCCCCCCC1Sc2ccccc2NC1=O. The molecule has 0 saturated heterocycles. The summed E-state index contributed by atoms with van der Waals surface area (Å²) in [5.41, 5.74) is 0.967. The van der Waals surface area contributed by atoms with Crippen LogP contribution in [0.25, 0.3) is 0 Å². The summed E-state index contributed by atoms with van der Waals surface area (Å²) in [5, 5.41) is 3.10. The van der Waals surface area contributed by atoms with Crippen molar-refractivity contribution in [3.8, 4) is 0 Å². The van der Waals surface area contributed by atoms with Crippen molar-refractivity contribution in [3.63, 3.8) is 0 Å². The lowest BCUT2D eigenvalue weighted by Crippen LogP contribution is -2.28. The second-order valence-corrected chi connectivity index (χ2v) is 6.04. The van der Waals surface area contributed by atoms with Crippen LogP contribution >= 0.6 is 11.8 Å². The van der Waals surface area contributed by atoms with E-state index in [1.165, 1.54) is 30.6 Å². The summed E-state index contributed by atoms with van der Waals surface area (Å²) < 4.78 is 0. The topological polar surface area (TPSA) is 29.1 Å². The van der Waals surface area contributed by atoms with E-state index >= 15 is 0 Å². The van der Waals surface area contributed by atoms with Gasteiger partial charge in [0.2, 0.25) is 5.91 Å². The summed E-state index contributed by atoms with van der Waals surface area (Å²) in [6, 6.07) is 8.05. The number of thioether (sulfide) groups is 1. The predicted molar refractivity (Wildman–Crippen MR) is 78.1 cm³/mol. The summed E-state index contributed by atoms with van der Waals surface area (Å²) in [6.07, 6.45) is 7.28. The first-order valence-corrected chi connectivity index (χ1v) is 7.75. The molecule has 3 heteroatoms. The molecule has 1 atom stereocenters. The molecule has 1 heterocycles. The van der Waals surface area contributed by atoms with Gasteiger partial charge in [0.05, 0.1) is 10.9 Å². The molecule has 0 bridgehead atoms. The van der Waals surface area contributed by atoms with Crippen molar-refractivity contribution in [1.82, 2.24) is 0 Å². The van der Waals surface area contributed by atoms with Gasteiger partial charge in [-0.25, -0.2) is 0 Å². The van der Waals surface area contributed by atoms with E-state index in [9.17, 15) is 4.79 Å². The van der Waals surface area contributed by atoms with Gasteiger partial charge < -0.3 is 5.32 Å². The fourth-order valence-corrected chi connectivity index (χ4v) is 3.38. The number of carbonyl (C=O) groups excluding carboxylic acids is 1. The Bertz CT molecular complexity index is 405. The summed E-state index contributed by atoms with van der Waals surface area (Å²) in [6.45, 7) is 2.22. The molecule has 1 aromatic carbocycles. The molecule has 98 valence electrons. The molecule has 0 aromatic heterocycles. The molecule has 2 nitrogen and oxygen atoms in total. The second-order valence-electron chi connectivity index (χ2n) is 4.79. The van der Waals surface area contributed by atoms with Crippen LogP contribution in [-0.2, 0) is 4.79 Å². The number of hydrogen-bond acceptors (Lipinski definition) is 2. The molecular weight excluding hydrogens is 242 g/mol. The average Bonchev–Trinajstić information content (AvgIpc) is 2.39. The first-order valence-electron chi connectivity index (χ1n) is 6.88. The number of benzene rings is 1. The Morgan fingerprint density at radius 1 is 1.17 bits per heavy atom. The maximum Gasteiger partial charge on any atom is 0.237 e. The van der Waals surface area contributed by atoms with E-state index in [0.29, 0.717) is 0 Å². The van der Waals surface area contributed by atoms with E-state index in [0.717, 1.165) is 18.5 Å². The lowest BCUT2D eigenvalue weighted by Gasteiger charge is -2.23. The second kappa shape index (κ2) is 6.83. The fourth-order valence-electron chi connectivity index (χ4n) is 2.22. The number of nitrogens with one attached hydrogen (secondary N) is 1. The van der Waals surface area contributed by atoms with Crippen LogP contribution in [0, 0.1) is 0 Å². The van der Waals surface area contributed by atoms with E-state index in [4.69, 9.17) is 0 Å². The smallest absolute Gasteiger partial charge is 0.237 e. The van der Waals surface area contributed by atoms with Gasteiger partial charge in [0.1, 0.15) is 0 Å². The molecule has 1 amide bonds. The summed E-state index contributed by atoms with van der Waals surface area (Å²) in [4.78, 5) is 13.1. The highest BCUT2D eigenvalue weighted by molar-refractivity contribution is 8.01. The van der Waals surface area contributed by atoms with E-state index in [1.54, 1.807) is 11.8 Å². The zero-order valence-corrected chi connectivity index (χ0v) is 11.8. The summed E-state index contributed by atoms with van der Waals surface area (Å²) >= 11 is 1.72. The Kier molecular flexibility index (Phi) is 5.12. The first kappa shape index (κ1) is 13.5. The van der Waals surface area contributed by atoms with Gasteiger partial charge in [-0.2, -0.15) is 0 Å². The number of amides is 1. The third-order valence-corrected chi connectivity index (χ3v) is 4.62. The van der Waals surface area contributed by atoms with Crippen LogP contribution in [0.1, 0.15) is 45.4 Å². The van der Waals surface area contributed by atoms with Gasteiger partial charge in [0.25, 0.3) is 0 Å². The lowest BCUT2D eigenvalue weighted by atomic mass is 10.1. The molecule has 0 radical (unpaired) electrons. The summed E-state index contributed by atoms with van der Waals surface area (Å²) in [7, 11) is 0. The van der Waals surface area contributed by atoms with Gasteiger partial charge >= 0.3 is 0 Å². The normalized spacial score (nSPS) is 18.3. The van der Waals surface area contributed by atoms with Gasteiger partial charge in [0, 0.05) is 4.90 Å².